The Morgan fingerprint density at radius 3 is 2.24 bits per heavy atom. The van der Waals surface area contributed by atoms with E-state index < -0.39 is 24.4 Å². The third kappa shape index (κ3) is 5.30. The van der Waals surface area contributed by atoms with E-state index >= 15 is 0 Å². The standard InChI is InChI=1S/C11H19F2NO3/c1-11(2,3)17-10(15)14-6-4-8(5-7-14)16-9(12)13/h8-9H,4-7H2,1-3H3. The van der Waals surface area contributed by atoms with E-state index in [1.165, 1.54) is 4.90 Å². The molecule has 1 amide bonds. The molecule has 1 aliphatic rings. The molecule has 0 aliphatic carbocycles. The minimum Gasteiger partial charge on any atom is -0.444 e. The molecule has 0 aromatic rings. The van der Waals surface area contributed by atoms with E-state index in [1.54, 1.807) is 20.8 Å². The monoisotopic (exact) mass is 251 g/mol. The van der Waals surface area contributed by atoms with Crippen LogP contribution in [0.2, 0.25) is 0 Å². The molecule has 0 aromatic carbocycles. The quantitative estimate of drug-likeness (QED) is 0.757. The first kappa shape index (κ1) is 14.2. The van der Waals surface area contributed by atoms with Crippen LogP contribution < -0.4 is 0 Å². The van der Waals surface area contributed by atoms with E-state index in [9.17, 15) is 13.6 Å². The number of nitrogens with zero attached hydrogens (tertiary/aromatic N) is 1. The Morgan fingerprint density at radius 2 is 1.82 bits per heavy atom. The fourth-order valence-corrected chi connectivity index (χ4v) is 1.65. The third-order valence-corrected chi connectivity index (χ3v) is 2.39. The summed E-state index contributed by atoms with van der Waals surface area (Å²) in [4.78, 5) is 13.2. The molecule has 0 atom stereocenters. The van der Waals surface area contributed by atoms with E-state index in [0.717, 1.165) is 0 Å². The summed E-state index contributed by atoms with van der Waals surface area (Å²) in [5.74, 6) is 0. The molecule has 17 heavy (non-hydrogen) atoms. The van der Waals surface area contributed by atoms with Crippen molar-refractivity contribution in [1.82, 2.24) is 4.90 Å². The molecule has 0 aromatic heterocycles. The lowest BCUT2D eigenvalue weighted by molar-refractivity contribution is -0.171. The fraction of sp³-hybridized carbons (Fsp3) is 0.909. The predicted molar refractivity (Wildman–Crippen MR) is 57.9 cm³/mol. The van der Waals surface area contributed by atoms with E-state index in [4.69, 9.17) is 4.74 Å². The lowest BCUT2D eigenvalue weighted by atomic mass is 10.1. The molecule has 1 fully saturated rings. The number of carbonyl (C=O) groups is 1. The molecular formula is C11H19F2NO3. The Bertz CT molecular complexity index is 258. The molecule has 0 radical (unpaired) electrons. The number of ether oxygens (including phenoxy) is 2. The van der Waals surface area contributed by atoms with Gasteiger partial charge in [-0.15, -0.1) is 0 Å². The summed E-state index contributed by atoms with van der Waals surface area (Å²) < 4.78 is 33.5. The highest BCUT2D eigenvalue weighted by Gasteiger charge is 2.28. The van der Waals surface area contributed by atoms with Gasteiger partial charge in [0.05, 0.1) is 6.10 Å². The van der Waals surface area contributed by atoms with Crippen molar-refractivity contribution >= 4 is 6.09 Å². The molecule has 0 spiro atoms. The van der Waals surface area contributed by atoms with Crippen molar-refractivity contribution in [2.45, 2.75) is 51.9 Å². The lowest BCUT2D eigenvalue weighted by Gasteiger charge is -2.33. The third-order valence-electron chi connectivity index (χ3n) is 2.39. The molecule has 0 bridgehead atoms. The predicted octanol–water partition coefficient (Wildman–Crippen LogP) is 2.63. The minimum absolute atomic E-state index is 0.395. The van der Waals surface area contributed by atoms with Gasteiger partial charge in [0.25, 0.3) is 0 Å². The number of halogens is 2. The first-order valence-electron chi connectivity index (χ1n) is 5.69. The number of amides is 1. The largest absolute Gasteiger partial charge is 0.444 e. The summed E-state index contributed by atoms with van der Waals surface area (Å²) in [5.41, 5.74) is -0.534. The van der Waals surface area contributed by atoms with Crippen molar-refractivity contribution in [2.24, 2.45) is 0 Å². The van der Waals surface area contributed by atoms with E-state index in [2.05, 4.69) is 4.74 Å². The van der Waals surface area contributed by atoms with E-state index in [1.807, 2.05) is 0 Å². The second kappa shape index (κ2) is 5.62. The highest BCUT2D eigenvalue weighted by molar-refractivity contribution is 5.68. The first-order valence-corrected chi connectivity index (χ1v) is 5.69. The Labute approximate surface area is 99.9 Å². The van der Waals surface area contributed by atoms with Gasteiger partial charge >= 0.3 is 12.7 Å². The van der Waals surface area contributed by atoms with Crippen LogP contribution in [-0.2, 0) is 9.47 Å². The van der Waals surface area contributed by atoms with Crippen molar-refractivity contribution in [3.05, 3.63) is 0 Å². The van der Waals surface area contributed by atoms with Crippen molar-refractivity contribution < 1.29 is 23.0 Å². The van der Waals surface area contributed by atoms with Crippen LogP contribution in [0.1, 0.15) is 33.6 Å². The van der Waals surface area contributed by atoms with Crippen molar-refractivity contribution in [3.8, 4) is 0 Å². The van der Waals surface area contributed by atoms with Crippen LogP contribution in [0.4, 0.5) is 13.6 Å². The van der Waals surface area contributed by atoms with Crippen molar-refractivity contribution in [2.75, 3.05) is 13.1 Å². The van der Waals surface area contributed by atoms with Gasteiger partial charge in [-0.1, -0.05) is 0 Å². The topological polar surface area (TPSA) is 38.8 Å². The Hall–Kier alpha value is -0.910. The maximum atomic E-state index is 12.0. The molecule has 0 N–H and O–H groups in total. The van der Waals surface area contributed by atoms with Crippen LogP contribution >= 0.6 is 0 Å². The van der Waals surface area contributed by atoms with Gasteiger partial charge in [0, 0.05) is 13.1 Å². The molecular weight excluding hydrogens is 232 g/mol. The van der Waals surface area contributed by atoms with Crippen LogP contribution in [0, 0.1) is 0 Å². The summed E-state index contributed by atoms with van der Waals surface area (Å²) in [7, 11) is 0. The molecule has 0 unspecified atom stereocenters. The van der Waals surface area contributed by atoms with Gasteiger partial charge in [0.15, 0.2) is 0 Å². The summed E-state index contributed by atoms with van der Waals surface area (Å²) in [5, 5.41) is 0. The lowest BCUT2D eigenvalue weighted by Crippen LogP contribution is -2.43. The van der Waals surface area contributed by atoms with Crippen LogP contribution in [-0.4, -0.2) is 42.4 Å². The van der Waals surface area contributed by atoms with Crippen molar-refractivity contribution in [1.29, 1.82) is 0 Å². The molecule has 1 rings (SSSR count). The Morgan fingerprint density at radius 1 is 1.29 bits per heavy atom. The molecule has 100 valence electrons. The van der Waals surface area contributed by atoms with Crippen LogP contribution in [0.25, 0.3) is 0 Å². The van der Waals surface area contributed by atoms with Gasteiger partial charge in [-0.2, -0.15) is 8.78 Å². The Kier molecular flexibility index (Phi) is 4.68. The second-order valence-corrected chi connectivity index (χ2v) is 5.06. The molecule has 4 nitrogen and oxygen atoms in total. The number of hydrogen-bond acceptors (Lipinski definition) is 3. The number of likely N-dealkylation sites (tertiary alicyclic amines) is 1. The number of piperidine rings is 1. The second-order valence-electron chi connectivity index (χ2n) is 5.06. The van der Waals surface area contributed by atoms with Gasteiger partial charge in [-0.05, 0) is 33.6 Å². The van der Waals surface area contributed by atoms with Crippen LogP contribution in [0.3, 0.4) is 0 Å². The maximum Gasteiger partial charge on any atom is 0.410 e. The zero-order chi connectivity index (χ0) is 13.1. The van der Waals surface area contributed by atoms with Gasteiger partial charge < -0.3 is 14.4 Å². The number of hydrogen-bond donors (Lipinski definition) is 0. The van der Waals surface area contributed by atoms with Crippen LogP contribution in [0.5, 0.6) is 0 Å². The average molecular weight is 251 g/mol. The zero-order valence-electron chi connectivity index (χ0n) is 10.4. The summed E-state index contributed by atoms with van der Waals surface area (Å²) in [6.07, 6.45) is -0.0191. The molecule has 0 saturated carbocycles. The number of carbonyl (C=O) groups excluding carboxylic acids is 1. The maximum absolute atomic E-state index is 12.0. The number of alkyl halides is 2. The highest BCUT2D eigenvalue weighted by atomic mass is 19.3. The molecule has 1 saturated heterocycles. The average Bonchev–Trinajstić information content (AvgIpc) is 2.15. The van der Waals surface area contributed by atoms with Crippen LogP contribution in [0.15, 0.2) is 0 Å². The van der Waals surface area contributed by atoms with E-state index in [0.29, 0.717) is 25.9 Å². The normalized spacial score (nSPS) is 18.6. The summed E-state index contributed by atoms with van der Waals surface area (Å²) >= 11 is 0. The smallest absolute Gasteiger partial charge is 0.410 e. The zero-order valence-corrected chi connectivity index (χ0v) is 10.4. The SMILES string of the molecule is CC(C)(C)OC(=O)N1CCC(OC(F)F)CC1. The Balaban J connectivity index is 2.34. The summed E-state index contributed by atoms with van der Waals surface area (Å²) in [6, 6.07) is 0. The molecule has 1 aliphatic heterocycles. The van der Waals surface area contributed by atoms with Gasteiger partial charge in [0.1, 0.15) is 5.60 Å². The van der Waals surface area contributed by atoms with E-state index in [-0.39, 0.29) is 0 Å². The number of rotatable bonds is 2. The minimum atomic E-state index is -2.74. The van der Waals surface area contributed by atoms with Gasteiger partial charge in [-0.3, -0.25) is 0 Å². The first-order chi connectivity index (χ1) is 7.78. The van der Waals surface area contributed by atoms with Gasteiger partial charge in [-0.25, -0.2) is 4.79 Å². The highest BCUT2D eigenvalue weighted by Crippen LogP contribution is 2.18. The van der Waals surface area contributed by atoms with Crippen molar-refractivity contribution in [3.63, 3.8) is 0 Å². The summed E-state index contributed by atoms with van der Waals surface area (Å²) in [6.45, 7) is 3.42. The fourth-order valence-electron chi connectivity index (χ4n) is 1.65. The molecule has 6 heteroatoms. The van der Waals surface area contributed by atoms with Gasteiger partial charge in [0.2, 0.25) is 0 Å². The molecule has 1 heterocycles.